The second kappa shape index (κ2) is 6.27. The quantitative estimate of drug-likeness (QED) is 0.758. The Morgan fingerprint density at radius 2 is 1.69 bits per heavy atom. The fourth-order valence-electron chi connectivity index (χ4n) is 1.76. The van der Waals surface area contributed by atoms with Gasteiger partial charge in [0.2, 0.25) is 0 Å². The van der Waals surface area contributed by atoms with Crippen LogP contribution in [0.4, 0.5) is 0 Å². The van der Waals surface area contributed by atoms with Gasteiger partial charge in [-0.15, -0.1) is 0 Å². The highest BCUT2D eigenvalue weighted by atomic mass is 35.5. The van der Waals surface area contributed by atoms with Gasteiger partial charge in [-0.1, -0.05) is 43.1 Å². The van der Waals surface area contributed by atoms with Crippen LogP contribution in [0.3, 0.4) is 0 Å². The van der Waals surface area contributed by atoms with Crippen LogP contribution in [-0.2, 0) is 11.2 Å². The average molecular weight is 259 g/mol. The molecule has 16 heavy (non-hydrogen) atoms. The summed E-state index contributed by atoms with van der Waals surface area (Å²) in [5.74, 6) is 0.340. The van der Waals surface area contributed by atoms with Crippen LogP contribution in [0.25, 0.3) is 0 Å². The number of hydrogen-bond acceptors (Lipinski definition) is 1. The Morgan fingerprint density at radius 3 is 2.12 bits per heavy atom. The van der Waals surface area contributed by atoms with E-state index in [-0.39, 0.29) is 11.7 Å². The van der Waals surface area contributed by atoms with Crippen LogP contribution in [0.1, 0.15) is 32.3 Å². The summed E-state index contributed by atoms with van der Waals surface area (Å²) in [7, 11) is 0. The van der Waals surface area contributed by atoms with E-state index in [4.69, 9.17) is 23.2 Å². The highest BCUT2D eigenvalue weighted by Crippen LogP contribution is 2.26. The van der Waals surface area contributed by atoms with Crippen molar-refractivity contribution in [1.29, 1.82) is 0 Å². The minimum Gasteiger partial charge on any atom is -0.299 e. The van der Waals surface area contributed by atoms with Crippen LogP contribution in [0.2, 0.25) is 10.0 Å². The fourth-order valence-corrected chi connectivity index (χ4v) is 2.29. The van der Waals surface area contributed by atoms with Crippen LogP contribution in [0, 0.1) is 5.92 Å². The van der Waals surface area contributed by atoms with Gasteiger partial charge < -0.3 is 0 Å². The van der Waals surface area contributed by atoms with E-state index in [0.29, 0.717) is 16.5 Å². The second-order valence-corrected chi connectivity index (χ2v) is 4.67. The molecule has 0 saturated carbocycles. The molecular formula is C13H16Cl2O. The Balaban J connectivity index is 2.84. The molecular weight excluding hydrogens is 243 g/mol. The summed E-state index contributed by atoms with van der Waals surface area (Å²) in [5.41, 5.74) is 0.753. The van der Waals surface area contributed by atoms with Crippen LogP contribution >= 0.6 is 23.2 Å². The van der Waals surface area contributed by atoms with Gasteiger partial charge in [-0.2, -0.15) is 0 Å². The summed E-state index contributed by atoms with van der Waals surface area (Å²) in [6.07, 6.45) is 2.08. The van der Waals surface area contributed by atoms with Gasteiger partial charge in [0.25, 0.3) is 0 Å². The molecule has 0 N–H and O–H groups in total. The van der Waals surface area contributed by atoms with Gasteiger partial charge in [0.1, 0.15) is 5.78 Å². The van der Waals surface area contributed by atoms with E-state index in [1.54, 1.807) is 18.2 Å². The van der Waals surface area contributed by atoms with Gasteiger partial charge in [0.05, 0.1) is 0 Å². The molecule has 0 heterocycles. The third kappa shape index (κ3) is 3.23. The maximum absolute atomic E-state index is 12.0. The predicted octanol–water partition coefficient (Wildman–Crippen LogP) is 4.54. The number of halogens is 2. The van der Waals surface area contributed by atoms with Crippen molar-refractivity contribution in [2.24, 2.45) is 5.92 Å². The number of rotatable bonds is 5. The summed E-state index contributed by atoms with van der Waals surface area (Å²) in [5, 5.41) is 1.15. The molecule has 0 aliphatic carbocycles. The van der Waals surface area contributed by atoms with E-state index in [2.05, 4.69) is 0 Å². The lowest BCUT2D eigenvalue weighted by atomic mass is 9.93. The molecule has 88 valence electrons. The van der Waals surface area contributed by atoms with Crippen LogP contribution in [0.5, 0.6) is 0 Å². The molecule has 0 atom stereocenters. The van der Waals surface area contributed by atoms with Crippen molar-refractivity contribution in [2.45, 2.75) is 33.1 Å². The van der Waals surface area contributed by atoms with Gasteiger partial charge in [0, 0.05) is 22.4 Å². The maximum atomic E-state index is 12.0. The Morgan fingerprint density at radius 1 is 1.19 bits per heavy atom. The van der Waals surface area contributed by atoms with Gasteiger partial charge in [-0.3, -0.25) is 4.79 Å². The molecule has 0 spiro atoms. The molecule has 0 amide bonds. The molecule has 0 fully saturated rings. The number of ketones is 1. The molecule has 0 aromatic heterocycles. The van der Waals surface area contributed by atoms with E-state index in [0.717, 1.165) is 18.4 Å². The predicted molar refractivity (Wildman–Crippen MR) is 69.2 cm³/mol. The molecule has 1 aromatic carbocycles. The number of Topliss-reactive ketones (excluding diaryl/α,β-unsaturated/α-hetero) is 1. The second-order valence-electron chi connectivity index (χ2n) is 3.86. The third-order valence-electron chi connectivity index (χ3n) is 2.85. The largest absolute Gasteiger partial charge is 0.299 e. The lowest BCUT2D eigenvalue weighted by molar-refractivity contribution is -0.122. The van der Waals surface area contributed by atoms with Crippen molar-refractivity contribution in [1.82, 2.24) is 0 Å². The monoisotopic (exact) mass is 258 g/mol. The molecule has 3 heteroatoms. The van der Waals surface area contributed by atoms with Gasteiger partial charge in [-0.25, -0.2) is 0 Å². The highest BCUT2D eigenvalue weighted by molar-refractivity contribution is 6.36. The summed E-state index contributed by atoms with van der Waals surface area (Å²) in [6.45, 7) is 4.06. The Kier molecular flexibility index (Phi) is 5.30. The van der Waals surface area contributed by atoms with Crippen molar-refractivity contribution in [3.05, 3.63) is 33.8 Å². The maximum Gasteiger partial charge on any atom is 0.140 e. The van der Waals surface area contributed by atoms with Crippen molar-refractivity contribution in [3.63, 3.8) is 0 Å². The first kappa shape index (κ1) is 13.5. The molecule has 0 aliphatic heterocycles. The number of carbonyl (C=O) groups excluding carboxylic acids is 1. The van der Waals surface area contributed by atoms with E-state index >= 15 is 0 Å². The molecule has 1 rings (SSSR count). The zero-order valence-corrected chi connectivity index (χ0v) is 11.1. The smallest absolute Gasteiger partial charge is 0.140 e. The van der Waals surface area contributed by atoms with E-state index in [9.17, 15) is 4.79 Å². The summed E-state index contributed by atoms with van der Waals surface area (Å²) < 4.78 is 0. The molecule has 1 aromatic rings. The zero-order chi connectivity index (χ0) is 12.1. The first-order valence-electron chi connectivity index (χ1n) is 5.55. The first-order valence-corrected chi connectivity index (χ1v) is 6.31. The number of carbonyl (C=O) groups is 1. The van der Waals surface area contributed by atoms with Crippen molar-refractivity contribution < 1.29 is 4.79 Å². The van der Waals surface area contributed by atoms with E-state index < -0.39 is 0 Å². The Labute approximate surface area is 107 Å². The summed E-state index contributed by atoms with van der Waals surface area (Å²) >= 11 is 12.1. The van der Waals surface area contributed by atoms with E-state index in [1.807, 2.05) is 13.8 Å². The molecule has 0 aliphatic rings. The number of benzene rings is 1. The molecule has 0 saturated heterocycles. The molecule has 0 bridgehead atoms. The highest BCUT2D eigenvalue weighted by Gasteiger charge is 2.17. The first-order chi connectivity index (χ1) is 7.60. The van der Waals surface area contributed by atoms with E-state index in [1.165, 1.54) is 0 Å². The number of hydrogen-bond donors (Lipinski definition) is 0. The lowest BCUT2D eigenvalue weighted by Crippen LogP contribution is -2.15. The topological polar surface area (TPSA) is 17.1 Å². The van der Waals surface area contributed by atoms with Gasteiger partial charge >= 0.3 is 0 Å². The van der Waals surface area contributed by atoms with Crippen LogP contribution in [-0.4, -0.2) is 5.78 Å². The Bertz CT molecular complexity index is 350. The minimum atomic E-state index is 0.118. The molecule has 0 unspecified atom stereocenters. The lowest BCUT2D eigenvalue weighted by Gasteiger charge is -2.12. The Hall–Kier alpha value is -0.530. The van der Waals surface area contributed by atoms with Gasteiger partial charge in [-0.05, 0) is 30.5 Å². The standard InChI is InChI=1S/C13H16Cl2O/c1-3-9(4-2)13(16)8-10-11(14)6-5-7-12(10)15/h5-7,9H,3-4,8H2,1-2H3. The summed E-state index contributed by atoms with van der Waals surface area (Å²) in [4.78, 5) is 12.0. The average Bonchev–Trinajstić information content (AvgIpc) is 2.25. The SMILES string of the molecule is CCC(CC)C(=O)Cc1c(Cl)cccc1Cl. The van der Waals surface area contributed by atoms with Crippen LogP contribution in [0.15, 0.2) is 18.2 Å². The minimum absolute atomic E-state index is 0.118. The zero-order valence-electron chi connectivity index (χ0n) is 9.59. The van der Waals surface area contributed by atoms with Crippen molar-refractivity contribution in [3.8, 4) is 0 Å². The van der Waals surface area contributed by atoms with Crippen LogP contribution < -0.4 is 0 Å². The molecule has 0 radical (unpaired) electrons. The van der Waals surface area contributed by atoms with Crippen molar-refractivity contribution in [2.75, 3.05) is 0 Å². The van der Waals surface area contributed by atoms with Crippen molar-refractivity contribution >= 4 is 29.0 Å². The fraction of sp³-hybridized carbons (Fsp3) is 0.462. The third-order valence-corrected chi connectivity index (χ3v) is 3.56. The van der Waals surface area contributed by atoms with Gasteiger partial charge in [0.15, 0.2) is 0 Å². The summed E-state index contributed by atoms with van der Waals surface area (Å²) in [6, 6.07) is 5.32. The normalized spacial score (nSPS) is 10.8. The molecule has 1 nitrogen and oxygen atoms in total.